The Morgan fingerprint density at radius 1 is 1.45 bits per heavy atom. The summed E-state index contributed by atoms with van der Waals surface area (Å²) >= 11 is 3.23. The zero-order valence-electron chi connectivity index (χ0n) is 11.3. The molecule has 2 heterocycles. The van der Waals surface area contributed by atoms with E-state index in [1.165, 1.54) is 17.4 Å². The van der Waals surface area contributed by atoms with Crippen molar-refractivity contribution in [1.82, 2.24) is 9.29 Å². The first-order valence-corrected chi connectivity index (χ1v) is 8.76. The number of hydrogen-bond donors (Lipinski definition) is 0. The fraction of sp³-hybridized carbons (Fsp3) is 0.538. The summed E-state index contributed by atoms with van der Waals surface area (Å²) in [7, 11) is -3.59. The van der Waals surface area contributed by atoms with Crippen LogP contribution in [0.1, 0.15) is 32.6 Å². The Balaban J connectivity index is 2.33. The van der Waals surface area contributed by atoms with Gasteiger partial charge in [-0.1, -0.05) is 6.42 Å². The molecule has 0 radical (unpaired) electrons. The maximum Gasteiger partial charge on any atom is 0.244 e. The lowest BCUT2D eigenvalue weighted by atomic mass is 10.0. The van der Waals surface area contributed by atoms with Crippen LogP contribution in [0.3, 0.4) is 0 Å². The molecule has 0 saturated carbocycles. The average molecular weight is 361 g/mol. The van der Waals surface area contributed by atoms with Gasteiger partial charge < -0.3 is 0 Å². The topological polar surface area (TPSA) is 67.3 Å². The van der Waals surface area contributed by atoms with Gasteiger partial charge in [-0.25, -0.2) is 8.42 Å². The molecule has 1 unspecified atom stereocenters. The van der Waals surface area contributed by atoms with Gasteiger partial charge in [-0.15, -0.1) is 0 Å². The molecule has 1 saturated heterocycles. The summed E-state index contributed by atoms with van der Waals surface area (Å²) in [5.74, 6) is 0.0180. The van der Waals surface area contributed by atoms with Gasteiger partial charge in [0, 0.05) is 35.9 Å². The molecule has 1 fully saturated rings. The Bertz CT molecular complexity index is 603. The van der Waals surface area contributed by atoms with Crippen LogP contribution in [0.15, 0.2) is 27.8 Å². The highest BCUT2D eigenvalue weighted by molar-refractivity contribution is 9.10. The minimum atomic E-state index is -3.59. The van der Waals surface area contributed by atoms with Crippen molar-refractivity contribution in [3.05, 3.63) is 22.9 Å². The van der Waals surface area contributed by atoms with E-state index in [4.69, 9.17) is 0 Å². The number of sulfonamides is 1. The van der Waals surface area contributed by atoms with Crippen molar-refractivity contribution in [3.8, 4) is 0 Å². The number of carbonyl (C=O) groups excluding carboxylic acids is 1. The number of halogens is 1. The molecule has 0 N–H and O–H groups in total. The predicted octanol–water partition coefficient (Wildman–Crippen LogP) is 2.37. The highest BCUT2D eigenvalue weighted by Crippen LogP contribution is 2.27. The number of Topliss-reactive ketones (excluding diaryl/α,β-unsaturated/α-hetero) is 1. The first-order valence-electron chi connectivity index (χ1n) is 6.53. The number of pyridine rings is 1. The van der Waals surface area contributed by atoms with Crippen LogP contribution < -0.4 is 0 Å². The van der Waals surface area contributed by atoms with Crippen LogP contribution in [0.2, 0.25) is 0 Å². The van der Waals surface area contributed by atoms with E-state index >= 15 is 0 Å². The van der Waals surface area contributed by atoms with Crippen molar-refractivity contribution in [2.24, 2.45) is 0 Å². The van der Waals surface area contributed by atoms with E-state index < -0.39 is 10.0 Å². The van der Waals surface area contributed by atoms with Gasteiger partial charge in [0.2, 0.25) is 10.0 Å². The molecule has 0 amide bonds. The SMILES string of the molecule is CC(=O)CC1CCCCN1S(=O)(=O)c1cncc(Br)c1. The van der Waals surface area contributed by atoms with Crippen molar-refractivity contribution in [2.75, 3.05) is 6.54 Å². The Morgan fingerprint density at radius 3 is 2.85 bits per heavy atom. The summed E-state index contributed by atoms with van der Waals surface area (Å²) in [6.45, 7) is 1.97. The van der Waals surface area contributed by atoms with Crippen molar-refractivity contribution in [1.29, 1.82) is 0 Å². The van der Waals surface area contributed by atoms with E-state index in [0.717, 1.165) is 19.3 Å². The Morgan fingerprint density at radius 2 is 2.20 bits per heavy atom. The van der Waals surface area contributed by atoms with Gasteiger partial charge in [0.05, 0.1) is 0 Å². The minimum Gasteiger partial charge on any atom is -0.300 e. The number of hydrogen-bond acceptors (Lipinski definition) is 4. The summed E-state index contributed by atoms with van der Waals surface area (Å²) in [5, 5.41) is 0. The molecular weight excluding hydrogens is 344 g/mol. The molecule has 1 aliphatic heterocycles. The van der Waals surface area contributed by atoms with Crippen molar-refractivity contribution in [2.45, 2.75) is 43.5 Å². The van der Waals surface area contributed by atoms with Gasteiger partial charge >= 0.3 is 0 Å². The molecule has 1 aliphatic rings. The summed E-state index contributed by atoms with van der Waals surface area (Å²) < 4.78 is 27.5. The average Bonchev–Trinajstić information content (AvgIpc) is 2.38. The van der Waals surface area contributed by atoms with Crippen LogP contribution in [-0.2, 0) is 14.8 Å². The smallest absolute Gasteiger partial charge is 0.244 e. The van der Waals surface area contributed by atoms with E-state index in [1.54, 1.807) is 12.3 Å². The first kappa shape index (κ1) is 15.6. The van der Waals surface area contributed by atoms with E-state index in [9.17, 15) is 13.2 Å². The van der Waals surface area contributed by atoms with Gasteiger partial charge in [-0.3, -0.25) is 9.78 Å². The molecule has 20 heavy (non-hydrogen) atoms. The van der Waals surface area contributed by atoms with Crippen LogP contribution in [0, 0.1) is 0 Å². The van der Waals surface area contributed by atoms with Crippen LogP contribution in [-0.4, -0.2) is 36.1 Å². The van der Waals surface area contributed by atoms with Gasteiger partial charge in [-0.2, -0.15) is 4.31 Å². The minimum absolute atomic E-state index is 0.0180. The van der Waals surface area contributed by atoms with Gasteiger partial charge in [0.15, 0.2) is 0 Å². The predicted molar refractivity (Wildman–Crippen MR) is 78.8 cm³/mol. The van der Waals surface area contributed by atoms with Gasteiger partial charge in [-0.05, 0) is 41.8 Å². The molecule has 0 aromatic carbocycles. The Hall–Kier alpha value is -0.790. The van der Waals surface area contributed by atoms with E-state index in [-0.39, 0.29) is 23.1 Å². The fourth-order valence-corrected chi connectivity index (χ4v) is 4.69. The van der Waals surface area contributed by atoms with E-state index in [1.807, 2.05) is 0 Å². The second kappa shape index (κ2) is 6.32. The van der Waals surface area contributed by atoms with E-state index in [0.29, 0.717) is 11.0 Å². The van der Waals surface area contributed by atoms with Crippen molar-refractivity contribution in [3.63, 3.8) is 0 Å². The zero-order valence-corrected chi connectivity index (χ0v) is 13.7. The van der Waals surface area contributed by atoms with Crippen molar-refractivity contribution < 1.29 is 13.2 Å². The highest BCUT2D eigenvalue weighted by atomic mass is 79.9. The molecule has 0 spiro atoms. The Labute approximate surface area is 127 Å². The normalized spacial score (nSPS) is 20.8. The molecule has 1 atom stereocenters. The third-order valence-corrected chi connectivity index (χ3v) is 5.73. The van der Waals surface area contributed by atoms with Crippen molar-refractivity contribution >= 4 is 31.7 Å². The summed E-state index contributed by atoms with van der Waals surface area (Å²) in [4.78, 5) is 15.4. The Kier molecular flexibility index (Phi) is 4.93. The van der Waals surface area contributed by atoms with Gasteiger partial charge in [0.1, 0.15) is 10.7 Å². The lowest BCUT2D eigenvalue weighted by Gasteiger charge is -2.34. The molecule has 1 aromatic heterocycles. The lowest BCUT2D eigenvalue weighted by Crippen LogP contribution is -2.44. The van der Waals surface area contributed by atoms with Crippen LogP contribution in [0.4, 0.5) is 0 Å². The van der Waals surface area contributed by atoms with Crippen LogP contribution >= 0.6 is 15.9 Å². The quantitative estimate of drug-likeness (QED) is 0.826. The molecule has 7 heteroatoms. The number of carbonyl (C=O) groups is 1. The van der Waals surface area contributed by atoms with Gasteiger partial charge in [0.25, 0.3) is 0 Å². The second-order valence-corrected chi connectivity index (χ2v) is 7.82. The largest absolute Gasteiger partial charge is 0.300 e. The number of piperidine rings is 1. The number of nitrogens with zero attached hydrogens (tertiary/aromatic N) is 2. The molecule has 5 nitrogen and oxygen atoms in total. The molecule has 2 rings (SSSR count). The third kappa shape index (κ3) is 3.45. The van der Waals surface area contributed by atoms with E-state index in [2.05, 4.69) is 20.9 Å². The lowest BCUT2D eigenvalue weighted by molar-refractivity contribution is -0.118. The summed E-state index contributed by atoms with van der Waals surface area (Å²) in [6, 6.07) is 1.31. The number of aromatic nitrogens is 1. The standard InChI is InChI=1S/C13H17BrN2O3S/c1-10(17)6-12-4-2-3-5-16(12)20(18,19)13-7-11(14)8-15-9-13/h7-9,12H,2-6H2,1H3. The van der Waals surface area contributed by atoms with Crippen LogP contribution in [0.25, 0.3) is 0 Å². The molecular formula is C13H17BrN2O3S. The zero-order chi connectivity index (χ0) is 14.8. The monoisotopic (exact) mass is 360 g/mol. The fourth-order valence-electron chi connectivity index (χ4n) is 2.50. The molecule has 1 aromatic rings. The molecule has 0 aliphatic carbocycles. The number of ketones is 1. The number of rotatable bonds is 4. The van der Waals surface area contributed by atoms with Crippen LogP contribution in [0.5, 0.6) is 0 Å². The third-order valence-electron chi connectivity index (χ3n) is 3.38. The summed E-state index contributed by atoms with van der Waals surface area (Å²) in [5.41, 5.74) is 0. The first-order chi connectivity index (χ1) is 9.41. The molecule has 110 valence electrons. The maximum absolute atomic E-state index is 12.7. The molecule has 0 bridgehead atoms. The summed E-state index contributed by atoms with van der Waals surface area (Å²) in [6.07, 6.45) is 5.69. The second-order valence-electron chi connectivity index (χ2n) is 5.01. The maximum atomic E-state index is 12.7. The highest BCUT2D eigenvalue weighted by Gasteiger charge is 2.34.